The van der Waals surface area contributed by atoms with E-state index in [2.05, 4.69) is 35.9 Å². The second-order valence-corrected chi connectivity index (χ2v) is 7.30. The van der Waals surface area contributed by atoms with Crippen LogP contribution >= 0.6 is 11.8 Å². The van der Waals surface area contributed by atoms with Crippen LogP contribution < -0.4 is 4.72 Å². The summed E-state index contributed by atoms with van der Waals surface area (Å²) in [5, 5.41) is 0. The van der Waals surface area contributed by atoms with Crippen molar-refractivity contribution >= 4 is 21.8 Å². The maximum atomic E-state index is 11.4. The third-order valence-corrected chi connectivity index (χ3v) is 4.93. The standard InChI is InChI=1S/C13H21NO2S2/c1-3-11-18(15,16)14-10-9-12-5-7-13(8-6-12)17-4-2/h5-8,14H,3-4,9-11H2,1-2H3. The molecule has 0 fully saturated rings. The molecule has 0 saturated heterocycles. The lowest BCUT2D eigenvalue weighted by atomic mass is 10.2. The Morgan fingerprint density at radius 3 is 2.39 bits per heavy atom. The fraction of sp³-hybridized carbons (Fsp3) is 0.538. The molecule has 1 rings (SSSR count). The van der Waals surface area contributed by atoms with Crippen LogP contribution in [0.5, 0.6) is 0 Å². The Morgan fingerprint density at radius 1 is 1.17 bits per heavy atom. The predicted octanol–water partition coefficient (Wildman–Crippen LogP) is 2.67. The van der Waals surface area contributed by atoms with Gasteiger partial charge in [0.1, 0.15) is 0 Å². The summed E-state index contributed by atoms with van der Waals surface area (Å²) in [5.74, 6) is 1.27. The topological polar surface area (TPSA) is 46.2 Å². The van der Waals surface area contributed by atoms with Gasteiger partial charge in [-0.1, -0.05) is 26.0 Å². The van der Waals surface area contributed by atoms with E-state index in [0.29, 0.717) is 13.0 Å². The van der Waals surface area contributed by atoms with Gasteiger partial charge in [-0.3, -0.25) is 0 Å². The minimum atomic E-state index is -3.07. The lowest BCUT2D eigenvalue weighted by Gasteiger charge is -2.06. The van der Waals surface area contributed by atoms with Crippen LogP contribution in [0, 0.1) is 0 Å². The number of hydrogen-bond acceptors (Lipinski definition) is 3. The lowest BCUT2D eigenvalue weighted by Crippen LogP contribution is -2.28. The van der Waals surface area contributed by atoms with Crippen molar-refractivity contribution in [2.24, 2.45) is 0 Å². The lowest BCUT2D eigenvalue weighted by molar-refractivity contribution is 0.580. The summed E-state index contributed by atoms with van der Waals surface area (Å²) in [7, 11) is -3.07. The highest BCUT2D eigenvalue weighted by molar-refractivity contribution is 7.99. The molecule has 5 heteroatoms. The fourth-order valence-corrected chi connectivity index (χ4v) is 3.37. The van der Waals surface area contributed by atoms with Gasteiger partial charge < -0.3 is 0 Å². The number of thioether (sulfide) groups is 1. The molecular weight excluding hydrogens is 266 g/mol. The molecule has 3 nitrogen and oxygen atoms in total. The van der Waals surface area contributed by atoms with Gasteiger partial charge in [-0.05, 0) is 36.3 Å². The molecule has 102 valence electrons. The van der Waals surface area contributed by atoms with Crippen molar-refractivity contribution in [2.75, 3.05) is 18.1 Å². The van der Waals surface area contributed by atoms with Crippen molar-refractivity contribution in [3.05, 3.63) is 29.8 Å². The minimum Gasteiger partial charge on any atom is -0.215 e. The molecule has 1 aromatic rings. The second-order valence-electron chi connectivity index (χ2n) is 4.04. The third-order valence-electron chi connectivity index (χ3n) is 2.44. The molecule has 0 aromatic heterocycles. The van der Waals surface area contributed by atoms with Crippen LogP contribution in [0.1, 0.15) is 25.8 Å². The first-order valence-corrected chi connectivity index (χ1v) is 8.90. The number of rotatable bonds is 8. The maximum absolute atomic E-state index is 11.4. The van der Waals surface area contributed by atoms with E-state index in [1.807, 2.05) is 18.7 Å². The van der Waals surface area contributed by atoms with Gasteiger partial charge in [0.15, 0.2) is 0 Å². The zero-order valence-electron chi connectivity index (χ0n) is 11.0. The maximum Gasteiger partial charge on any atom is 0.211 e. The van der Waals surface area contributed by atoms with Crippen LogP contribution in [0.2, 0.25) is 0 Å². The molecule has 1 aromatic carbocycles. The Labute approximate surface area is 114 Å². The largest absolute Gasteiger partial charge is 0.215 e. The summed E-state index contributed by atoms with van der Waals surface area (Å²) in [6.07, 6.45) is 1.39. The highest BCUT2D eigenvalue weighted by atomic mass is 32.2. The van der Waals surface area contributed by atoms with Crippen LogP contribution in [0.3, 0.4) is 0 Å². The molecule has 0 heterocycles. The number of nitrogens with one attached hydrogen (secondary N) is 1. The molecule has 0 aliphatic rings. The van der Waals surface area contributed by atoms with Crippen molar-refractivity contribution in [1.29, 1.82) is 0 Å². The first kappa shape index (κ1) is 15.5. The van der Waals surface area contributed by atoms with Gasteiger partial charge in [-0.25, -0.2) is 13.1 Å². The molecule has 1 N–H and O–H groups in total. The normalized spacial score (nSPS) is 11.7. The molecular formula is C13H21NO2S2. The van der Waals surface area contributed by atoms with Gasteiger partial charge in [0, 0.05) is 11.4 Å². The number of sulfonamides is 1. The Hall–Kier alpha value is -0.520. The molecule has 0 aliphatic heterocycles. The van der Waals surface area contributed by atoms with E-state index >= 15 is 0 Å². The summed E-state index contributed by atoms with van der Waals surface area (Å²) in [4.78, 5) is 1.26. The van der Waals surface area contributed by atoms with E-state index in [9.17, 15) is 8.42 Å². The number of benzene rings is 1. The summed E-state index contributed by atoms with van der Waals surface area (Å²) < 4.78 is 25.5. The first-order valence-electron chi connectivity index (χ1n) is 6.26. The SMILES string of the molecule is CCCS(=O)(=O)NCCc1ccc(SCC)cc1. The first-order chi connectivity index (χ1) is 8.57. The summed E-state index contributed by atoms with van der Waals surface area (Å²) in [6.45, 7) is 4.47. The third kappa shape index (κ3) is 5.89. The van der Waals surface area contributed by atoms with E-state index in [-0.39, 0.29) is 5.75 Å². The van der Waals surface area contributed by atoms with E-state index in [0.717, 1.165) is 17.7 Å². The van der Waals surface area contributed by atoms with Crippen LogP contribution in [0.15, 0.2) is 29.2 Å². The van der Waals surface area contributed by atoms with Crippen LogP contribution in [0.4, 0.5) is 0 Å². The van der Waals surface area contributed by atoms with Gasteiger partial charge in [0.25, 0.3) is 0 Å². The smallest absolute Gasteiger partial charge is 0.211 e. The molecule has 0 bridgehead atoms. The van der Waals surface area contributed by atoms with Crippen LogP contribution in [-0.2, 0) is 16.4 Å². The second kappa shape index (κ2) is 7.81. The summed E-state index contributed by atoms with van der Waals surface area (Å²) in [6, 6.07) is 8.30. The van der Waals surface area contributed by atoms with Crippen molar-refractivity contribution in [2.45, 2.75) is 31.6 Å². The highest BCUT2D eigenvalue weighted by Crippen LogP contribution is 2.17. The Bertz CT molecular complexity index is 441. The molecule has 0 saturated carbocycles. The van der Waals surface area contributed by atoms with Crippen LogP contribution in [-0.4, -0.2) is 26.5 Å². The zero-order valence-corrected chi connectivity index (χ0v) is 12.6. The van der Waals surface area contributed by atoms with Crippen LogP contribution in [0.25, 0.3) is 0 Å². The van der Waals surface area contributed by atoms with Gasteiger partial charge in [-0.15, -0.1) is 11.8 Å². The van der Waals surface area contributed by atoms with E-state index in [4.69, 9.17) is 0 Å². The molecule has 18 heavy (non-hydrogen) atoms. The number of hydrogen-bond donors (Lipinski definition) is 1. The Kier molecular flexibility index (Phi) is 6.75. The Balaban J connectivity index is 2.40. The predicted molar refractivity (Wildman–Crippen MR) is 78.6 cm³/mol. The quantitative estimate of drug-likeness (QED) is 0.748. The van der Waals surface area contributed by atoms with Gasteiger partial charge in [-0.2, -0.15) is 0 Å². The van der Waals surface area contributed by atoms with E-state index < -0.39 is 10.0 Å². The average molecular weight is 287 g/mol. The van der Waals surface area contributed by atoms with Gasteiger partial charge >= 0.3 is 0 Å². The van der Waals surface area contributed by atoms with Crippen molar-refractivity contribution in [3.8, 4) is 0 Å². The van der Waals surface area contributed by atoms with E-state index in [1.165, 1.54) is 4.90 Å². The minimum absolute atomic E-state index is 0.207. The molecule has 0 spiro atoms. The highest BCUT2D eigenvalue weighted by Gasteiger charge is 2.07. The molecule has 0 radical (unpaired) electrons. The fourth-order valence-electron chi connectivity index (χ4n) is 1.61. The van der Waals surface area contributed by atoms with Gasteiger partial charge in [0.05, 0.1) is 5.75 Å². The zero-order chi connectivity index (χ0) is 13.4. The molecule has 0 aliphatic carbocycles. The average Bonchev–Trinajstić information content (AvgIpc) is 2.31. The van der Waals surface area contributed by atoms with Crippen molar-refractivity contribution in [1.82, 2.24) is 4.72 Å². The summed E-state index contributed by atoms with van der Waals surface area (Å²) in [5.41, 5.74) is 1.16. The van der Waals surface area contributed by atoms with Crippen molar-refractivity contribution < 1.29 is 8.42 Å². The van der Waals surface area contributed by atoms with Gasteiger partial charge in [0.2, 0.25) is 10.0 Å². The molecule has 0 amide bonds. The molecule has 0 atom stereocenters. The molecule has 0 unspecified atom stereocenters. The van der Waals surface area contributed by atoms with Crippen molar-refractivity contribution in [3.63, 3.8) is 0 Å². The summed E-state index contributed by atoms with van der Waals surface area (Å²) >= 11 is 1.81. The Morgan fingerprint density at radius 2 is 1.83 bits per heavy atom. The monoisotopic (exact) mass is 287 g/mol. The van der Waals surface area contributed by atoms with E-state index in [1.54, 1.807) is 0 Å².